The van der Waals surface area contributed by atoms with Crippen molar-refractivity contribution in [3.05, 3.63) is 17.8 Å². The van der Waals surface area contributed by atoms with Crippen LogP contribution in [0.4, 0.5) is 5.82 Å². The SMILES string of the molecule is CC(C1CC1)N(C)c1ccc(CNC(C)(C)C)nn1. The molecule has 1 fully saturated rings. The van der Waals surface area contributed by atoms with Gasteiger partial charge in [-0.15, -0.1) is 5.10 Å². The summed E-state index contributed by atoms with van der Waals surface area (Å²) in [5.74, 6) is 1.81. The van der Waals surface area contributed by atoms with Crippen LogP contribution in [-0.2, 0) is 6.54 Å². The van der Waals surface area contributed by atoms with Gasteiger partial charge in [-0.05, 0) is 58.6 Å². The van der Waals surface area contributed by atoms with Crippen molar-refractivity contribution >= 4 is 5.82 Å². The van der Waals surface area contributed by atoms with E-state index in [1.807, 2.05) is 0 Å². The van der Waals surface area contributed by atoms with Gasteiger partial charge < -0.3 is 10.2 Å². The van der Waals surface area contributed by atoms with Gasteiger partial charge in [0.15, 0.2) is 5.82 Å². The molecule has 1 heterocycles. The Labute approximate surface area is 116 Å². The lowest BCUT2D eigenvalue weighted by Crippen LogP contribution is -2.35. The minimum atomic E-state index is 0.109. The first-order chi connectivity index (χ1) is 8.87. The maximum absolute atomic E-state index is 4.35. The van der Waals surface area contributed by atoms with E-state index < -0.39 is 0 Å². The molecule has 1 aliphatic carbocycles. The van der Waals surface area contributed by atoms with Crippen molar-refractivity contribution in [3.8, 4) is 0 Å². The summed E-state index contributed by atoms with van der Waals surface area (Å²) in [4.78, 5) is 2.24. The monoisotopic (exact) mass is 262 g/mol. The molecule has 0 spiro atoms. The highest BCUT2D eigenvalue weighted by Gasteiger charge is 2.31. The Balaban J connectivity index is 1.93. The molecule has 1 aromatic rings. The van der Waals surface area contributed by atoms with E-state index in [1.165, 1.54) is 12.8 Å². The molecule has 0 saturated heterocycles. The average molecular weight is 262 g/mol. The van der Waals surface area contributed by atoms with Crippen molar-refractivity contribution in [2.75, 3.05) is 11.9 Å². The van der Waals surface area contributed by atoms with Gasteiger partial charge in [0.25, 0.3) is 0 Å². The number of hydrogen-bond donors (Lipinski definition) is 1. The second kappa shape index (κ2) is 5.45. The number of aromatic nitrogens is 2. The summed E-state index contributed by atoms with van der Waals surface area (Å²) < 4.78 is 0. The van der Waals surface area contributed by atoms with Crippen LogP contribution in [0.5, 0.6) is 0 Å². The van der Waals surface area contributed by atoms with E-state index in [2.05, 4.69) is 67.3 Å². The molecule has 19 heavy (non-hydrogen) atoms. The molecule has 2 rings (SSSR count). The third kappa shape index (κ3) is 4.16. The Morgan fingerprint density at radius 1 is 1.32 bits per heavy atom. The van der Waals surface area contributed by atoms with E-state index in [-0.39, 0.29) is 5.54 Å². The van der Waals surface area contributed by atoms with Crippen molar-refractivity contribution < 1.29 is 0 Å². The van der Waals surface area contributed by atoms with E-state index in [0.29, 0.717) is 6.04 Å². The van der Waals surface area contributed by atoms with Crippen LogP contribution in [0.2, 0.25) is 0 Å². The van der Waals surface area contributed by atoms with Gasteiger partial charge in [-0.2, -0.15) is 5.10 Å². The minimum absolute atomic E-state index is 0.109. The molecule has 106 valence electrons. The molecular weight excluding hydrogens is 236 g/mol. The fraction of sp³-hybridized carbons (Fsp3) is 0.733. The predicted octanol–water partition coefficient (Wildman–Crippen LogP) is 2.60. The fourth-order valence-electron chi connectivity index (χ4n) is 2.09. The van der Waals surface area contributed by atoms with Crippen molar-refractivity contribution in [1.29, 1.82) is 0 Å². The Morgan fingerprint density at radius 3 is 2.47 bits per heavy atom. The van der Waals surface area contributed by atoms with E-state index in [9.17, 15) is 0 Å². The molecular formula is C15H26N4. The van der Waals surface area contributed by atoms with Crippen LogP contribution in [0.1, 0.15) is 46.2 Å². The van der Waals surface area contributed by atoms with E-state index in [0.717, 1.165) is 24.0 Å². The molecule has 4 heteroatoms. The van der Waals surface area contributed by atoms with E-state index >= 15 is 0 Å². The Morgan fingerprint density at radius 2 is 2.00 bits per heavy atom. The summed E-state index contributed by atoms with van der Waals surface area (Å²) in [5, 5.41) is 12.1. The molecule has 1 atom stereocenters. The lowest BCUT2D eigenvalue weighted by molar-refractivity contribution is 0.420. The molecule has 1 aromatic heterocycles. The van der Waals surface area contributed by atoms with Crippen LogP contribution in [-0.4, -0.2) is 28.8 Å². The van der Waals surface area contributed by atoms with Gasteiger partial charge in [-0.25, -0.2) is 0 Å². The second-order valence-corrected chi connectivity index (χ2v) is 6.68. The molecule has 0 aliphatic heterocycles. The highest BCUT2D eigenvalue weighted by molar-refractivity contribution is 5.38. The molecule has 4 nitrogen and oxygen atoms in total. The summed E-state index contributed by atoms with van der Waals surface area (Å²) >= 11 is 0. The Kier molecular flexibility index (Phi) is 4.09. The van der Waals surface area contributed by atoms with Crippen LogP contribution in [0.25, 0.3) is 0 Å². The minimum Gasteiger partial charge on any atom is -0.355 e. The highest BCUT2D eigenvalue weighted by Crippen LogP contribution is 2.35. The average Bonchev–Trinajstić information content (AvgIpc) is 3.18. The normalized spacial score (nSPS) is 17.3. The fourth-order valence-corrected chi connectivity index (χ4v) is 2.09. The molecule has 1 aliphatic rings. The topological polar surface area (TPSA) is 41.0 Å². The zero-order valence-corrected chi connectivity index (χ0v) is 12.8. The third-order valence-electron chi connectivity index (χ3n) is 3.78. The zero-order valence-electron chi connectivity index (χ0n) is 12.8. The van der Waals surface area contributed by atoms with E-state index in [4.69, 9.17) is 0 Å². The number of rotatable bonds is 5. The standard InChI is InChI=1S/C15H26N4/c1-11(12-6-7-12)19(5)14-9-8-13(17-18-14)10-16-15(2,3)4/h8-9,11-12,16H,6-7,10H2,1-5H3. The molecule has 0 bridgehead atoms. The second-order valence-electron chi connectivity index (χ2n) is 6.68. The van der Waals surface area contributed by atoms with Crippen LogP contribution < -0.4 is 10.2 Å². The number of nitrogens with one attached hydrogen (secondary N) is 1. The van der Waals surface area contributed by atoms with Gasteiger partial charge in [0.05, 0.1) is 5.69 Å². The molecule has 1 unspecified atom stereocenters. The van der Waals surface area contributed by atoms with Crippen molar-refractivity contribution in [3.63, 3.8) is 0 Å². The summed E-state index contributed by atoms with van der Waals surface area (Å²) in [7, 11) is 2.11. The van der Waals surface area contributed by atoms with Crippen LogP contribution >= 0.6 is 0 Å². The molecule has 0 radical (unpaired) electrons. The molecule has 1 saturated carbocycles. The first kappa shape index (κ1) is 14.3. The van der Waals surface area contributed by atoms with Gasteiger partial charge in [-0.1, -0.05) is 0 Å². The van der Waals surface area contributed by atoms with Gasteiger partial charge in [0, 0.05) is 25.2 Å². The summed E-state index contributed by atoms with van der Waals surface area (Å²) in [6.45, 7) is 9.49. The third-order valence-corrected chi connectivity index (χ3v) is 3.78. The lowest BCUT2D eigenvalue weighted by Gasteiger charge is -2.25. The van der Waals surface area contributed by atoms with Crippen molar-refractivity contribution in [2.24, 2.45) is 5.92 Å². The number of hydrogen-bond acceptors (Lipinski definition) is 4. The maximum Gasteiger partial charge on any atom is 0.151 e. The molecule has 0 amide bonds. The first-order valence-electron chi connectivity index (χ1n) is 7.17. The van der Waals surface area contributed by atoms with E-state index in [1.54, 1.807) is 0 Å². The lowest BCUT2D eigenvalue weighted by atomic mass is 10.1. The molecule has 0 aromatic carbocycles. The van der Waals surface area contributed by atoms with Crippen molar-refractivity contribution in [1.82, 2.24) is 15.5 Å². The molecule has 1 N–H and O–H groups in total. The van der Waals surface area contributed by atoms with Gasteiger partial charge >= 0.3 is 0 Å². The first-order valence-corrected chi connectivity index (χ1v) is 7.17. The van der Waals surface area contributed by atoms with Crippen LogP contribution in [0.3, 0.4) is 0 Å². The smallest absolute Gasteiger partial charge is 0.151 e. The number of nitrogens with zero attached hydrogens (tertiary/aromatic N) is 3. The summed E-state index contributed by atoms with van der Waals surface area (Å²) in [5.41, 5.74) is 1.10. The quantitative estimate of drug-likeness (QED) is 0.885. The van der Waals surface area contributed by atoms with Gasteiger partial charge in [0.1, 0.15) is 0 Å². The Hall–Kier alpha value is -1.16. The van der Waals surface area contributed by atoms with Gasteiger partial charge in [0.2, 0.25) is 0 Å². The summed E-state index contributed by atoms with van der Waals surface area (Å²) in [6.07, 6.45) is 2.71. The summed E-state index contributed by atoms with van der Waals surface area (Å²) in [6, 6.07) is 4.70. The largest absolute Gasteiger partial charge is 0.355 e. The predicted molar refractivity (Wildman–Crippen MR) is 79.2 cm³/mol. The van der Waals surface area contributed by atoms with Gasteiger partial charge in [-0.3, -0.25) is 0 Å². The Bertz CT molecular complexity index is 403. The van der Waals surface area contributed by atoms with Crippen LogP contribution in [0, 0.1) is 5.92 Å². The maximum atomic E-state index is 4.35. The van der Waals surface area contributed by atoms with Crippen molar-refractivity contribution in [2.45, 2.75) is 58.7 Å². The highest BCUT2D eigenvalue weighted by atomic mass is 15.3. The van der Waals surface area contributed by atoms with Crippen LogP contribution in [0.15, 0.2) is 12.1 Å². The zero-order chi connectivity index (χ0) is 14.0. The number of anilines is 1.